The van der Waals surface area contributed by atoms with Gasteiger partial charge in [0.05, 0.1) is 11.5 Å². The number of nitriles is 1. The molecule has 1 rings (SSSR count). The van der Waals surface area contributed by atoms with Gasteiger partial charge in [-0.15, -0.1) is 11.3 Å². The molecule has 15 heavy (non-hydrogen) atoms. The van der Waals surface area contributed by atoms with E-state index < -0.39 is 5.97 Å². The van der Waals surface area contributed by atoms with Crippen molar-refractivity contribution in [1.82, 2.24) is 0 Å². The van der Waals surface area contributed by atoms with Gasteiger partial charge < -0.3 is 10.5 Å². The van der Waals surface area contributed by atoms with Crippen LogP contribution in [0.5, 0.6) is 0 Å². The Labute approximate surface area is 90.1 Å². The molecule has 0 unspecified atom stereocenters. The minimum Gasteiger partial charge on any atom is -0.462 e. The fourth-order valence-corrected chi connectivity index (χ4v) is 1.89. The average molecular weight is 224 g/mol. The second-order valence-electron chi connectivity index (χ2n) is 2.53. The summed E-state index contributed by atoms with van der Waals surface area (Å²) in [7, 11) is 0. The normalized spacial score (nSPS) is 9.33. The van der Waals surface area contributed by atoms with Gasteiger partial charge in [0, 0.05) is 0 Å². The van der Waals surface area contributed by atoms with Crippen molar-refractivity contribution in [3.05, 3.63) is 16.0 Å². The molecule has 0 saturated carbocycles. The lowest BCUT2D eigenvalue weighted by molar-refractivity contribution is 0.0524. The molecular weight excluding hydrogens is 216 g/mol. The van der Waals surface area contributed by atoms with E-state index in [1.807, 2.05) is 0 Å². The van der Waals surface area contributed by atoms with Crippen LogP contribution in [0.2, 0.25) is 0 Å². The number of hydrogen-bond acceptors (Lipinski definition) is 6. The third-order valence-corrected chi connectivity index (χ3v) is 2.61. The molecule has 0 saturated heterocycles. The number of carbonyl (C=O) groups is 2. The lowest BCUT2D eigenvalue weighted by atomic mass is 10.1. The molecule has 0 aliphatic heterocycles. The van der Waals surface area contributed by atoms with Crippen molar-refractivity contribution in [2.45, 2.75) is 6.92 Å². The Kier molecular flexibility index (Phi) is 3.42. The Morgan fingerprint density at radius 1 is 1.73 bits per heavy atom. The van der Waals surface area contributed by atoms with E-state index in [0.717, 1.165) is 11.3 Å². The number of hydrogen-bond donors (Lipinski definition) is 1. The van der Waals surface area contributed by atoms with Gasteiger partial charge in [0.2, 0.25) is 0 Å². The number of anilines is 1. The maximum absolute atomic E-state index is 11.4. The molecule has 78 valence electrons. The first-order chi connectivity index (χ1) is 7.15. The molecule has 0 fully saturated rings. The van der Waals surface area contributed by atoms with Gasteiger partial charge in [-0.1, -0.05) is 0 Å². The average Bonchev–Trinajstić information content (AvgIpc) is 2.54. The van der Waals surface area contributed by atoms with Crippen LogP contribution < -0.4 is 5.73 Å². The number of ether oxygens (including phenoxy) is 1. The first-order valence-electron chi connectivity index (χ1n) is 4.10. The number of carbonyl (C=O) groups excluding carboxylic acids is 2. The van der Waals surface area contributed by atoms with Crippen molar-refractivity contribution >= 4 is 28.6 Å². The highest BCUT2D eigenvalue weighted by atomic mass is 32.1. The van der Waals surface area contributed by atoms with Crippen LogP contribution in [0.25, 0.3) is 0 Å². The highest BCUT2D eigenvalue weighted by Gasteiger charge is 2.23. The summed E-state index contributed by atoms with van der Waals surface area (Å²) in [4.78, 5) is 22.2. The summed E-state index contributed by atoms with van der Waals surface area (Å²) < 4.78 is 4.73. The number of aldehydes is 1. The van der Waals surface area contributed by atoms with E-state index in [2.05, 4.69) is 0 Å². The predicted octanol–water partition coefficient (Wildman–Crippen LogP) is 1.19. The maximum atomic E-state index is 11.4. The molecule has 0 atom stereocenters. The summed E-state index contributed by atoms with van der Waals surface area (Å²) in [6, 6.07) is 1.78. The summed E-state index contributed by atoms with van der Waals surface area (Å²) in [6.45, 7) is 1.82. The van der Waals surface area contributed by atoms with Crippen LogP contribution in [0, 0.1) is 11.3 Å². The number of nitrogen functional groups attached to an aromatic ring is 1. The number of thiophene rings is 1. The lowest BCUT2D eigenvalue weighted by Gasteiger charge is -2.00. The zero-order valence-electron chi connectivity index (χ0n) is 7.94. The fourth-order valence-electron chi connectivity index (χ4n) is 1.07. The summed E-state index contributed by atoms with van der Waals surface area (Å²) in [5.74, 6) is -0.691. The van der Waals surface area contributed by atoms with Gasteiger partial charge in [-0.25, -0.2) is 4.79 Å². The SMILES string of the molecule is CCOC(=O)c1c(C=O)sc(N)c1C#N. The Hall–Kier alpha value is -1.87. The first-order valence-corrected chi connectivity index (χ1v) is 4.92. The molecule has 0 amide bonds. The van der Waals surface area contributed by atoms with Crippen LogP contribution in [-0.2, 0) is 4.74 Å². The monoisotopic (exact) mass is 224 g/mol. The number of nitrogens with zero attached hydrogens (tertiary/aromatic N) is 1. The van der Waals surface area contributed by atoms with Gasteiger partial charge >= 0.3 is 5.97 Å². The van der Waals surface area contributed by atoms with Crippen molar-refractivity contribution in [3.8, 4) is 6.07 Å². The van der Waals surface area contributed by atoms with Gasteiger partial charge in [0.25, 0.3) is 0 Å². The van der Waals surface area contributed by atoms with Crippen LogP contribution in [0.3, 0.4) is 0 Å². The molecule has 1 aromatic heterocycles. The van der Waals surface area contributed by atoms with Crippen LogP contribution in [-0.4, -0.2) is 18.9 Å². The second kappa shape index (κ2) is 4.57. The molecule has 2 N–H and O–H groups in total. The van der Waals surface area contributed by atoms with Crippen molar-refractivity contribution in [1.29, 1.82) is 5.26 Å². The zero-order valence-corrected chi connectivity index (χ0v) is 8.76. The second-order valence-corrected chi connectivity index (χ2v) is 3.61. The Bertz CT molecular complexity index is 445. The molecule has 1 heterocycles. The Morgan fingerprint density at radius 2 is 2.40 bits per heavy atom. The smallest absolute Gasteiger partial charge is 0.341 e. The number of nitrogens with two attached hydrogens (primary N) is 1. The summed E-state index contributed by atoms with van der Waals surface area (Å²) in [5, 5.41) is 8.93. The van der Waals surface area contributed by atoms with E-state index in [-0.39, 0.29) is 27.6 Å². The van der Waals surface area contributed by atoms with Crippen molar-refractivity contribution < 1.29 is 14.3 Å². The van der Waals surface area contributed by atoms with Crippen LogP contribution in [0.15, 0.2) is 0 Å². The molecule has 0 bridgehead atoms. The molecule has 0 aliphatic rings. The molecule has 0 spiro atoms. The van der Waals surface area contributed by atoms with E-state index in [9.17, 15) is 9.59 Å². The minimum absolute atomic E-state index is 0.0144. The van der Waals surface area contributed by atoms with E-state index in [4.69, 9.17) is 15.7 Å². The largest absolute Gasteiger partial charge is 0.462 e. The maximum Gasteiger partial charge on any atom is 0.341 e. The van der Waals surface area contributed by atoms with Crippen LogP contribution >= 0.6 is 11.3 Å². The van der Waals surface area contributed by atoms with Gasteiger partial charge in [-0.2, -0.15) is 5.26 Å². The summed E-state index contributed by atoms with van der Waals surface area (Å²) >= 11 is 0.906. The summed E-state index contributed by atoms with van der Waals surface area (Å²) in [5.41, 5.74) is 5.48. The van der Waals surface area contributed by atoms with Gasteiger partial charge in [-0.05, 0) is 6.92 Å². The Morgan fingerprint density at radius 3 is 2.87 bits per heavy atom. The predicted molar refractivity (Wildman–Crippen MR) is 54.8 cm³/mol. The lowest BCUT2D eigenvalue weighted by Crippen LogP contribution is -2.07. The van der Waals surface area contributed by atoms with Gasteiger partial charge in [0.1, 0.15) is 22.2 Å². The number of esters is 1. The topological polar surface area (TPSA) is 93.2 Å². The summed E-state index contributed by atoms with van der Waals surface area (Å²) in [6.07, 6.45) is 0.494. The minimum atomic E-state index is -0.691. The van der Waals surface area contributed by atoms with Gasteiger partial charge in [0.15, 0.2) is 6.29 Å². The first kappa shape index (κ1) is 11.2. The standard InChI is InChI=1S/C9H8N2O3S/c1-2-14-9(13)7-5(3-10)8(11)15-6(7)4-12/h4H,2,11H2,1H3. The molecule has 6 heteroatoms. The van der Waals surface area contributed by atoms with Gasteiger partial charge in [-0.3, -0.25) is 4.79 Å². The quantitative estimate of drug-likeness (QED) is 0.614. The van der Waals surface area contributed by atoms with E-state index >= 15 is 0 Å². The van der Waals surface area contributed by atoms with Crippen LogP contribution in [0.4, 0.5) is 5.00 Å². The molecule has 1 aromatic rings. The van der Waals surface area contributed by atoms with Crippen molar-refractivity contribution in [2.75, 3.05) is 12.3 Å². The van der Waals surface area contributed by atoms with Crippen molar-refractivity contribution in [3.63, 3.8) is 0 Å². The number of rotatable bonds is 3. The molecule has 0 aromatic carbocycles. The molecule has 0 aliphatic carbocycles. The Balaban J connectivity index is 3.31. The molecule has 5 nitrogen and oxygen atoms in total. The van der Waals surface area contributed by atoms with Crippen LogP contribution in [0.1, 0.15) is 32.5 Å². The third-order valence-electron chi connectivity index (χ3n) is 1.66. The third kappa shape index (κ3) is 1.97. The highest BCUT2D eigenvalue weighted by Crippen LogP contribution is 2.29. The van der Waals surface area contributed by atoms with E-state index in [1.165, 1.54) is 0 Å². The molecule has 0 radical (unpaired) electrons. The highest BCUT2D eigenvalue weighted by molar-refractivity contribution is 7.18. The van der Waals surface area contributed by atoms with Crippen molar-refractivity contribution in [2.24, 2.45) is 0 Å². The molecular formula is C9H8N2O3S. The van der Waals surface area contributed by atoms with E-state index in [1.54, 1.807) is 13.0 Å². The zero-order chi connectivity index (χ0) is 11.4. The fraction of sp³-hybridized carbons (Fsp3) is 0.222. The van der Waals surface area contributed by atoms with E-state index in [0.29, 0.717) is 6.29 Å².